The lowest BCUT2D eigenvalue weighted by atomic mass is 10.2. The largest absolute Gasteiger partial charge is 0.508 e. The summed E-state index contributed by atoms with van der Waals surface area (Å²) in [4.78, 5) is 16.3. The lowest BCUT2D eigenvalue weighted by molar-refractivity contribution is -0.133. The summed E-state index contributed by atoms with van der Waals surface area (Å²) in [5.74, 6) is 0.589. The Morgan fingerprint density at radius 3 is 2.44 bits per heavy atom. The maximum atomic E-state index is 12.3. The second-order valence-electron chi connectivity index (χ2n) is 5.78. The van der Waals surface area contributed by atoms with Crippen molar-refractivity contribution < 1.29 is 14.6 Å². The first kappa shape index (κ1) is 16.7. The molecule has 25 heavy (non-hydrogen) atoms. The van der Waals surface area contributed by atoms with Gasteiger partial charge in [0.25, 0.3) is 5.91 Å². The van der Waals surface area contributed by atoms with E-state index in [4.69, 9.17) is 10.00 Å². The van der Waals surface area contributed by atoms with E-state index in [9.17, 15) is 9.90 Å². The Balaban J connectivity index is 1.51. The number of nitrogens with zero attached hydrogens (tertiary/aromatic N) is 3. The van der Waals surface area contributed by atoms with Gasteiger partial charge in [-0.15, -0.1) is 0 Å². The van der Waals surface area contributed by atoms with Crippen LogP contribution in [0, 0.1) is 11.3 Å². The Hall–Kier alpha value is -3.20. The van der Waals surface area contributed by atoms with E-state index in [2.05, 4.69) is 11.0 Å². The number of carbonyl (C=O) groups is 1. The zero-order valence-electron chi connectivity index (χ0n) is 13.8. The van der Waals surface area contributed by atoms with Crippen molar-refractivity contribution in [3.8, 4) is 17.6 Å². The SMILES string of the molecule is N#Cc1ccccc1OCC(=O)N1CCN(c2ccc(O)cc2)CC1. The number of carbonyl (C=O) groups excluding carboxylic acids is 1. The molecule has 1 fully saturated rings. The van der Waals surface area contributed by atoms with Gasteiger partial charge in [0.05, 0.1) is 5.56 Å². The molecule has 1 aliphatic heterocycles. The molecule has 6 nitrogen and oxygen atoms in total. The van der Waals surface area contributed by atoms with E-state index in [0.717, 1.165) is 18.8 Å². The number of phenolic OH excluding ortho intramolecular Hbond substituents is 1. The van der Waals surface area contributed by atoms with E-state index < -0.39 is 0 Å². The van der Waals surface area contributed by atoms with Gasteiger partial charge in [-0.3, -0.25) is 4.79 Å². The summed E-state index contributed by atoms with van der Waals surface area (Å²) in [5.41, 5.74) is 1.46. The van der Waals surface area contributed by atoms with E-state index >= 15 is 0 Å². The molecule has 128 valence electrons. The van der Waals surface area contributed by atoms with Crippen LogP contribution in [0.5, 0.6) is 11.5 Å². The zero-order chi connectivity index (χ0) is 17.6. The van der Waals surface area contributed by atoms with Crippen molar-refractivity contribution in [2.45, 2.75) is 0 Å². The van der Waals surface area contributed by atoms with Gasteiger partial charge in [-0.05, 0) is 36.4 Å². The Bertz CT molecular complexity index is 775. The maximum absolute atomic E-state index is 12.3. The smallest absolute Gasteiger partial charge is 0.260 e. The topological polar surface area (TPSA) is 76.8 Å². The van der Waals surface area contributed by atoms with Crippen LogP contribution in [0.15, 0.2) is 48.5 Å². The van der Waals surface area contributed by atoms with Crippen molar-refractivity contribution >= 4 is 11.6 Å². The summed E-state index contributed by atoms with van der Waals surface area (Å²) < 4.78 is 5.51. The van der Waals surface area contributed by atoms with Crippen LogP contribution in [0.1, 0.15) is 5.56 Å². The monoisotopic (exact) mass is 337 g/mol. The second-order valence-corrected chi connectivity index (χ2v) is 5.78. The standard InChI is InChI=1S/C19H19N3O3/c20-13-15-3-1-2-4-18(15)25-14-19(24)22-11-9-21(10-12-22)16-5-7-17(23)8-6-16/h1-8,23H,9-12,14H2. The van der Waals surface area contributed by atoms with Crippen LogP contribution in [-0.2, 0) is 4.79 Å². The first-order chi connectivity index (χ1) is 12.2. The molecule has 1 amide bonds. The van der Waals surface area contributed by atoms with Gasteiger partial charge in [-0.25, -0.2) is 0 Å². The average Bonchev–Trinajstić information content (AvgIpc) is 2.67. The summed E-state index contributed by atoms with van der Waals surface area (Å²) in [6, 6.07) is 16.0. The third-order valence-electron chi connectivity index (χ3n) is 4.21. The Morgan fingerprint density at radius 1 is 1.08 bits per heavy atom. The Kier molecular flexibility index (Phi) is 5.05. The molecule has 1 N–H and O–H groups in total. The molecule has 0 atom stereocenters. The van der Waals surface area contributed by atoms with Crippen LogP contribution < -0.4 is 9.64 Å². The fourth-order valence-electron chi connectivity index (χ4n) is 2.79. The van der Waals surface area contributed by atoms with Crippen molar-refractivity contribution in [3.63, 3.8) is 0 Å². The molecule has 3 rings (SSSR count). The number of benzene rings is 2. The molecule has 2 aromatic rings. The molecule has 2 aromatic carbocycles. The minimum absolute atomic E-state index is 0.0715. The highest BCUT2D eigenvalue weighted by molar-refractivity contribution is 5.78. The lowest BCUT2D eigenvalue weighted by Gasteiger charge is -2.36. The number of hydrogen-bond acceptors (Lipinski definition) is 5. The van der Waals surface area contributed by atoms with Gasteiger partial charge in [0, 0.05) is 31.9 Å². The highest BCUT2D eigenvalue weighted by atomic mass is 16.5. The van der Waals surface area contributed by atoms with E-state index in [1.165, 1.54) is 0 Å². The van der Waals surface area contributed by atoms with Gasteiger partial charge < -0.3 is 19.6 Å². The number of nitriles is 1. The van der Waals surface area contributed by atoms with E-state index in [0.29, 0.717) is 24.4 Å². The molecule has 0 aromatic heterocycles. The van der Waals surface area contributed by atoms with Gasteiger partial charge in [0.15, 0.2) is 6.61 Å². The molecular formula is C19H19N3O3. The number of ether oxygens (including phenoxy) is 1. The van der Waals surface area contributed by atoms with Crippen molar-refractivity contribution in [2.24, 2.45) is 0 Å². The first-order valence-electron chi connectivity index (χ1n) is 8.11. The number of amides is 1. The molecule has 1 saturated heterocycles. The molecule has 0 bridgehead atoms. The van der Waals surface area contributed by atoms with Crippen molar-refractivity contribution in [1.29, 1.82) is 5.26 Å². The third-order valence-corrected chi connectivity index (χ3v) is 4.21. The van der Waals surface area contributed by atoms with Crippen LogP contribution in [0.25, 0.3) is 0 Å². The van der Waals surface area contributed by atoms with Gasteiger partial charge in [0.1, 0.15) is 17.6 Å². The third kappa shape index (κ3) is 4.01. The fraction of sp³-hybridized carbons (Fsp3) is 0.263. The maximum Gasteiger partial charge on any atom is 0.260 e. The predicted octanol–water partition coefficient (Wildman–Crippen LogP) is 1.99. The summed E-state index contributed by atoms with van der Waals surface area (Å²) in [6.07, 6.45) is 0. The van der Waals surface area contributed by atoms with Crippen LogP contribution in [0.3, 0.4) is 0 Å². The molecule has 6 heteroatoms. The summed E-state index contributed by atoms with van der Waals surface area (Å²) in [5, 5.41) is 18.4. The first-order valence-corrected chi connectivity index (χ1v) is 8.11. The molecule has 0 saturated carbocycles. The average molecular weight is 337 g/mol. The molecule has 0 spiro atoms. The number of piperazine rings is 1. The van der Waals surface area contributed by atoms with E-state index in [1.807, 2.05) is 12.1 Å². The van der Waals surface area contributed by atoms with Crippen LogP contribution >= 0.6 is 0 Å². The van der Waals surface area contributed by atoms with Gasteiger partial charge in [-0.1, -0.05) is 12.1 Å². The molecule has 0 unspecified atom stereocenters. The molecule has 1 heterocycles. The van der Waals surface area contributed by atoms with Crippen molar-refractivity contribution in [1.82, 2.24) is 4.90 Å². The Morgan fingerprint density at radius 2 is 1.76 bits per heavy atom. The van der Waals surface area contributed by atoms with Crippen LogP contribution in [0.2, 0.25) is 0 Å². The Labute approximate surface area is 146 Å². The number of anilines is 1. The summed E-state index contributed by atoms with van der Waals surface area (Å²) >= 11 is 0. The van der Waals surface area contributed by atoms with Crippen LogP contribution in [-0.4, -0.2) is 48.7 Å². The highest BCUT2D eigenvalue weighted by Crippen LogP contribution is 2.20. The fourth-order valence-corrected chi connectivity index (χ4v) is 2.79. The minimum Gasteiger partial charge on any atom is -0.508 e. The van der Waals surface area contributed by atoms with Crippen molar-refractivity contribution in [3.05, 3.63) is 54.1 Å². The van der Waals surface area contributed by atoms with Gasteiger partial charge >= 0.3 is 0 Å². The van der Waals surface area contributed by atoms with E-state index in [-0.39, 0.29) is 18.3 Å². The summed E-state index contributed by atoms with van der Waals surface area (Å²) in [7, 11) is 0. The number of aromatic hydroxyl groups is 1. The molecule has 1 aliphatic rings. The second kappa shape index (κ2) is 7.58. The quantitative estimate of drug-likeness (QED) is 0.923. The van der Waals surface area contributed by atoms with Gasteiger partial charge in [0.2, 0.25) is 0 Å². The highest BCUT2D eigenvalue weighted by Gasteiger charge is 2.21. The van der Waals surface area contributed by atoms with E-state index in [1.54, 1.807) is 41.3 Å². The summed E-state index contributed by atoms with van der Waals surface area (Å²) in [6.45, 7) is 2.61. The number of rotatable bonds is 4. The van der Waals surface area contributed by atoms with Gasteiger partial charge in [-0.2, -0.15) is 5.26 Å². The number of phenols is 1. The molecule has 0 aliphatic carbocycles. The number of hydrogen-bond donors (Lipinski definition) is 1. The normalized spacial score (nSPS) is 14.0. The number of para-hydroxylation sites is 1. The molecular weight excluding hydrogens is 318 g/mol. The predicted molar refractivity (Wildman–Crippen MR) is 93.6 cm³/mol. The molecule has 0 radical (unpaired) electrons. The minimum atomic E-state index is -0.0851. The zero-order valence-corrected chi connectivity index (χ0v) is 13.8. The van der Waals surface area contributed by atoms with Crippen molar-refractivity contribution in [2.75, 3.05) is 37.7 Å². The van der Waals surface area contributed by atoms with Crippen LogP contribution in [0.4, 0.5) is 5.69 Å². The lowest BCUT2D eigenvalue weighted by Crippen LogP contribution is -2.50.